The topological polar surface area (TPSA) is 6.48 Å². The van der Waals surface area contributed by atoms with Crippen LogP contribution in [-0.2, 0) is 0 Å². The first-order chi connectivity index (χ1) is 24.8. The summed E-state index contributed by atoms with van der Waals surface area (Å²) in [6, 6.07) is 74.0. The first kappa shape index (κ1) is 29.5. The minimum absolute atomic E-state index is 1.12. The molecule has 0 spiro atoms. The van der Waals surface area contributed by atoms with Crippen LogP contribution >= 0.6 is 0 Å². The van der Waals surface area contributed by atoms with Crippen LogP contribution in [0.25, 0.3) is 43.4 Å². The fourth-order valence-electron chi connectivity index (χ4n) is 7.33. The molecular weight excluding hydrogens is 605 g/mol. The molecule has 0 N–H and O–H groups in total. The predicted octanol–water partition coefficient (Wildman–Crippen LogP) is 13.8. The van der Waals surface area contributed by atoms with E-state index in [0.717, 1.165) is 34.1 Å². The summed E-state index contributed by atoms with van der Waals surface area (Å²) in [6.45, 7) is 0. The van der Waals surface area contributed by atoms with Gasteiger partial charge in [0.2, 0.25) is 0 Å². The number of para-hydroxylation sites is 4. The second kappa shape index (κ2) is 12.8. The Kier molecular flexibility index (Phi) is 7.53. The molecule has 0 unspecified atom stereocenters. The molecule has 0 radical (unpaired) electrons. The molecule has 0 heterocycles. The van der Waals surface area contributed by atoms with Crippen LogP contribution in [0.2, 0.25) is 0 Å². The summed E-state index contributed by atoms with van der Waals surface area (Å²) >= 11 is 0. The summed E-state index contributed by atoms with van der Waals surface area (Å²) in [5, 5.41) is 7.42. The molecule has 0 atom stereocenters. The summed E-state index contributed by atoms with van der Waals surface area (Å²) in [6.07, 6.45) is 0. The van der Waals surface area contributed by atoms with Gasteiger partial charge in [-0.2, -0.15) is 0 Å². The van der Waals surface area contributed by atoms with Crippen molar-refractivity contribution in [3.63, 3.8) is 0 Å². The first-order valence-corrected chi connectivity index (χ1v) is 17.1. The zero-order chi connectivity index (χ0) is 33.3. The molecule has 0 saturated heterocycles. The van der Waals surface area contributed by atoms with Crippen molar-refractivity contribution in [2.24, 2.45) is 0 Å². The first-order valence-electron chi connectivity index (χ1n) is 17.1. The molecule has 0 aromatic heterocycles. The zero-order valence-electron chi connectivity index (χ0n) is 27.5. The number of rotatable bonds is 7. The standard InChI is InChI=1S/C48H34N2/c1-5-17-36(18-6-1)49(37-19-7-2-8-20-37)40-31-29-35(30-32-40)45-33-46-43-27-15-16-28-44(43)48(34-47(46)42-26-14-13-25-41(42)45)50(38-21-9-3-10-22-38)39-23-11-4-12-24-39/h1-34H. The Morgan fingerprint density at radius 1 is 0.240 bits per heavy atom. The predicted molar refractivity (Wildman–Crippen MR) is 214 cm³/mol. The maximum absolute atomic E-state index is 2.40. The van der Waals surface area contributed by atoms with E-state index in [4.69, 9.17) is 0 Å². The van der Waals surface area contributed by atoms with Crippen molar-refractivity contribution in [3.05, 3.63) is 206 Å². The Hall–Kier alpha value is -6.64. The fraction of sp³-hybridized carbons (Fsp3) is 0. The van der Waals surface area contributed by atoms with Crippen LogP contribution in [0.15, 0.2) is 206 Å². The van der Waals surface area contributed by atoms with Crippen LogP contribution in [0.1, 0.15) is 0 Å². The maximum atomic E-state index is 2.40. The Morgan fingerprint density at radius 3 is 1.10 bits per heavy atom. The van der Waals surface area contributed by atoms with Crippen molar-refractivity contribution in [3.8, 4) is 11.1 Å². The van der Waals surface area contributed by atoms with E-state index in [-0.39, 0.29) is 0 Å². The lowest BCUT2D eigenvalue weighted by Crippen LogP contribution is -2.10. The number of benzene rings is 9. The van der Waals surface area contributed by atoms with Gasteiger partial charge in [-0.1, -0.05) is 133 Å². The molecule has 0 amide bonds. The van der Waals surface area contributed by atoms with Gasteiger partial charge in [0.1, 0.15) is 0 Å². The van der Waals surface area contributed by atoms with Crippen LogP contribution < -0.4 is 9.80 Å². The highest BCUT2D eigenvalue weighted by Gasteiger charge is 2.19. The van der Waals surface area contributed by atoms with Crippen LogP contribution in [0, 0.1) is 0 Å². The highest BCUT2D eigenvalue weighted by Crippen LogP contribution is 2.45. The molecule has 0 aliphatic heterocycles. The van der Waals surface area contributed by atoms with Gasteiger partial charge in [-0.3, -0.25) is 0 Å². The molecule has 0 bridgehead atoms. The van der Waals surface area contributed by atoms with Crippen molar-refractivity contribution < 1.29 is 0 Å². The number of anilines is 6. The Bertz CT molecular complexity index is 2480. The lowest BCUT2D eigenvalue weighted by Gasteiger charge is -2.28. The summed E-state index contributed by atoms with van der Waals surface area (Å²) in [5.41, 5.74) is 9.22. The van der Waals surface area contributed by atoms with E-state index in [0.29, 0.717) is 0 Å². The molecule has 0 saturated carbocycles. The Balaban J connectivity index is 1.24. The highest BCUT2D eigenvalue weighted by molar-refractivity contribution is 6.24. The average Bonchev–Trinajstić information content (AvgIpc) is 3.20. The molecular formula is C48H34N2. The van der Waals surface area contributed by atoms with E-state index < -0.39 is 0 Å². The number of fused-ring (bicyclic) bond motifs is 5. The molecule has 2 nitrogen and oxygen atoms in total. The largest absolute Gasteiger partial charge is 0.311 e. The van der Waals surface area contributed by atoms with E-state index in [2.05, 4.69) is 216 Å². The van der Waals surface area contributed by atoms with E-state index in [1.165, 1.54) is 43.4 Å². The molecule has 9 rings (SSSR count). The molecule has 50 heavy (non-hydrogen) atoms. The van der Waals surface area contributed by atoms with Crippen LogP contribution in [0.5, 0.6) is 0 Å². The van der Waals surface area contributed by atoms with Crippen molar-refractivity contribution in [1.82, 2.24) is 0 Å². The fourth-order valence-corrected chi connectivity index (χ4v) is 7.33. The second-order valence-electron chi connectivity index (χ2n) is 12.6. The zero-order valence-corrected chi connectivity index (χ0v) is 27.5. The summed E-state index contributed by atoms with van der Waals surface area (Å²) in [7, 11) is 0. The van der Waals surface area contributed by atoms with E-state index >= 15 is 0 Å². The molecule has 9 aromatic carbocycles. The molecule has 236 valence electrons. The van der Waals surface area contributed by atoms with Gasteiger partial charge < -0.3 is 9.80 Å². The summed E-state index contributed by atoms with van der Waals surface area (Å²) < 4.78 is 0. The smallest absolute Gasteiger partial charge is 0.0546 e. The number of nitrogens with zero attached hydrogens (tertiary/aromatic N) is 2. The van der Waals surface area contributed by atoms with Crippen LogP contribution in [-0.4, -0.2) is 0 Å². The third-order valence-electron chi connectivity index (χ3n) is 9.60. The maximum Gasteiger partial charge on any atom is 0.0546 e. The molecule has 2 heteroatoms. The van der Waals surface area contributed by atoms with Crippen molar-refractivity contribution >= 4 is 66.4 Å². The summed E-state index contributed by atoms with van der Waals surface area (Å²) in [4.78, 5) is 4.69. The lowest BCUT2D eigenvalue weighted by atomic mass is 9.90. The average molecular weight is 639 g/mol. The SMILES string of the molecule is c1ccc(N(c2ccccc2)c2ccc(-c3cc4c5ccccc5c(N(c5ccccc5)c5ccccc5)cc4c4ccccc34)cc2)cc1. The molecule has 0 fully saturated rings. The van der Waals surface area contributed by atoms with E-state index in [1.807, 2.05) is 0 Å². The minimum Gasteiger partial charge on any atom is -0.311 e. The van der Waals surface area contributed by atoms with Crippen LogP contribution in [0.4, 0.5) is 34.1 Å². The molecule has 0 aliphatic carbocycles. The van der Waals surface area contributed by atoms with E-state index in [1.54, 1.807) is 0 Å². The van der Waals surface area contributed by atoms with Crippen LogP contribution in [0.3, 0.4) is 0 Å². The highest BCUT2D eigenvalue weighted by atomic mass is 15.1. The van der Waals surface area contributed by atoms with Crippen molar-refractivity contribution in [1.29, 1.82) is 0 Å². The van der Waals surface area contributed by atoms with Gasteiger partial charge in [-0.05, 0) is 111 Å². The summed E-state index contributed by atoms with van der Waals surface area (Å²) in [5.74, 6) is 0. The Labute approximate surface area is 292 Å². The third kappa shape index (κ3) is 5.24. The number of hydrogen-bond donors (Lipinski definition) is 0. The van der Waals surface area contributed by atoms with E-state index in [9.17, 15) is 0 Å². The quantitative estimate of drug-likeness (QED) is 0.160. The number of hydrogen-bond acceptors (Lipinski definition) is 2. The van der Waals surface area contributed by atoms with Crippen molar-refractivity contribution in [2.75, 3.05) is 9.80 Å². The second-order valence-corrected chi connectivity index (χ2v) is 12.6. The van der Waals surface area contributed by atoms with Gasteiger partial charge in [0, 0.05) is 33.8 Å². The normalized spacial score (nSPS) is 11.2. The van der Waals surface area contributed by atoms with Gasteiger partial charge in [0.15, 0.2) is 0 Å². The molecule has 9 aromatic rings. The monoisotopic (exact) mass is 638 g/mol. The molecule has 0 aliphatic rings. The minimum atomic E-state index is 1.12. The van der Waals surface area contributed by atoms with Crippen molar-refractivity contribution in [2.45, 2.75) is 0 Å². The van der Waals surface area contributed by atoms with Gasteiger partial charge in [-0.25, -0.2) is 0 Å². The van der Waals surface area contributed by atoms with Gasteiger partial charge >= 0.3 is 0 Å². The lowest BCUT2D eigenvalue weighted by molar-refractivity contribution is 1.28. The van der Waals surface area contributed by atoms with Gasteiger partial charge in [-0.15, -0.1) is 0 Å². The Morgan fingerprint density at radius 2 is 0.600 bits per heavy atom. The third-order valence-corrected chi connectivity index (χ3v) is 9.60. The van der Waals surface area contributed by atoms with Gasteiger partial charge in [0.05, 0.1) is 5.69 Å². The van der Waals surface area contributed by atoms with Gasteiger partial charge in [0.25, 0.3) is 0 Å².